The average Bonchev–Trinajstić information content (AvgIpc) is 3.47. The third kappa shape index (κ3) is 5.27. The second kappa shape index (κ2) is 11.4. The topological polar surface area (TPSA) is 49.9 Å². The van der Waals surface area contributed by atoms with E-state index in [9.17, 15) is 0 Å². The zero-order valence-electron chi connectivity index (χ0n) is 23.1. The van der Waals surface area contributed by atoms with Gasteiger partial charge in [-0.05, 0) is 84.2 Å². The first-order chi connectivity index (χ1) is 20.2. The fourth-order valence-corrected chi connectivity index (χ4v) is 7.31. The molecule has 41 heavy (non-hydrogen) atoms. The summed E-state index contributed by atoms with van der Waals surface area (Å²) in [6, 6.07) is 22.4. The van der Waals surface area contributed by atoms with Crippen LogP contribution in [-0.2, 0) is 11.4 Å². The van der Waals surface area contributed by atoms with Crippen LogP contribution in [0, 0.1) is 5.82 Å². The molecule has 0 spiro atoms. The predicted octanol–water partition coefficient (Wildman–Crippen LogP) is 7.24. The molecule has 1 aromatic heterocycles. The molecule has 0 radical (unpaired) electrons. The fourth-order valence-electron chi connectivity index (χ4n) is 6.51. The number of pyridine rings is 1. The number of rotatable bonds is 6. The number of fused-ring (bicyclic) bond motifs is 1. The van der Waals surface area contributed by atoms with Crippen LogP contribution in [-0.4, -0.2) is 48.1 Å². The molecule has 0 amide bonds. The van der Waals surface area contributed by atoms with Gasteiger partial charge in [0.05, 0.1) is 23.2 Å². The van der Waals surface area contributed by atoms with Gasteiger partial charge in [-0.2, -0.15) is 4.89 Å². The van der Waals surface area contributed by atoms with E-state index in [0.717, 1.165) is 90.2 Å². The molecule has 6 nitrogen and oxygen atoms in total. The lowest BCUT2D eigenvalue weighted by atomic mass is 9.95. The van der Waals surface area contributed by atoms with Crippen molar-refractivity contribution < 1.29 is 14.2 Å². The molecule has 8 heteroatoms. The van der Waals surface area contributed by atoms with Gasteiger partial charge in [-0.25, -0.2) is 4.39 Å². The number of allylic oxidation sites excluding steroid dienone is 1. The maximum absolute atomic E-state index is 15.2. The standard InChI is InChI=1S/C33H33FN4O2S/c1-39-40-30-20-26(10-12-29(30)36-41-31-6-2-4-23-5-3-13-35-32(23)31)33-25-9-8-24(19-25)27-11-7-22(18-28(27)34)21-37-14-16-38(33)17-15-37/h2-7,10-13,18,20,24,36H,8-9,14-17,19,21H2,1H3/b33-25-. The summed E-state index contributed by atoms with van der Waals surface area (Å²) in [5, 5.41) is 1.10. The Morgan fingerprint density at radius 3 is 2.73 bits per heavy atom. The first kappa shape index (κ1) is 26.3. The molecular formula is C33H33FN4O2S. The smallest absolute Gasteiger partial charge is 0.189 e. The SMILES string of the molecule is COOc1cc(/C2=C3\CCC(C3)c3ccc(cc3F)CN3CCN2CC3)ccc1NSc1cccc2cccnc12. The Bertz CT molecular complexity index is 1610. The van der Waals surface area contributed by atoms with Crippen LogP contribution < -0.4 is 9.61 Å². The van der Waals surface area contributed by atoms with E-state index in [2.05, 4.69) is 62.0 Å². The Morgan fingerprint density at radius 2 is 1.88 bits per heavy atom. The van der Waals surface area contributed by atoms with Crippen molar-refractivity contribution in [3.8, 4) is 5.75 Å². The molecule has 2 fully saturated rings. The van der Waals surface area contributed by atoms with Crippen LogP contribution in [0.2, 0.25) is 0 Å². The molecule has 5 aliphatic heterocycles. The lowest BCUT2D eigenvalue weighted by Crippen LogP contribution is -2.45. The molecule has 6 bridgehead atoms. The van der Waals surface area contributed by atoms with E-state index >= 15 is 4.39 Å². The highest BCUT2D eigenvalue weighted by molar-refractivity contribution is 8.00. The first-order valence-electron chi connectivity index (χ1n) is 14.3. The number of para-hydroxylation sites is 1. The van der Waals surface area contributed by atoms with Gasteiger partial charge in [0.25, 0.3) is 0 Å². The minimum absolute atomic E-state index is 0.0595. The Kier molecular flexibility index (Phi) is 7.29. The fraction of sp³-hybridized carbons (Fsp3) is 0.303. The van der Waals surface area contributed by atoms with Crippen molar-refractivity contribution in [2.75, 3.05) is 38.0 Å². The number of nitrogens with zero attached hydrogens (tertiary/aromatic N) is 3. The normalized spacial score (nSPS) is 22.0. The van der Waals surface area contributed by atoms with Crippen molar-refractivity contribution in [3.63, 3.8) is 0 Å². The summed E-state index contributed by atoms with van der Waals surface area (Å²) in [7, 11) is 1.53. The van der Waals surface area contributed by atoms with Crippen LogP contribution in [0.5, 0.6) is 5.75 Å². The molecule has 1 N–H and O–H groups in total. The van der Waals surface area contributed by atoms with Gasteiger partial charge >= 0.3 is 0 Å². The van der Waals surface area contributed by atoms with Gasteiger partial charge < -0.3 is 14.5 Å². The number of piperazine rings is 1. The number of anilines is 1. The molecule has 1 aliphatic carbocycles. The average molecular weight is 569 g/mol. The molecule has 1 unspecified atom stereocenters. The Hall–Kier alpha value is -3.59. The van der Waals surface area contributed by atoms with E-state index in [0.29, 0.717) is 5.75 Å². The minimum atomic E-state index is -0.0595. The van der Waals surface area contributed by atoms with Crippen LogP contribution >= 0.6 is 11.9 Å². The molecule has 210 valence electrons. The van der Waals surface area contributed by atoms with Crippen molar-refractivity contribution in [3.05, 3.63) is 101 Å². The first-order valence-corrected chi connectivity index (χ1v) is 15.1. The summed E-state index contributed by atoms with van der Waals surface area (Å²) in [4.78, 5) is 21.4. The number of benzene rings is 3. The summed E-state index contributed by atoms with van der Waals surface area (Å²) < 4.78 is 18.7. The van der Waals surface area contributed by atoms with Gasteiger partial charge in [0.1, 0.15) is 5.82 Å². The summed E-state index contributed by atoms with van der Waals surface area (Å²) in [6.45, 7) is 4.56. The second-order valence-corrected chi connectivity index (χ2v) is 11.9. The summed E-state index contributed by atoms with van der Waals surface area (Å²) in [5.74, 6) is 0.766. The maximum atomic E-state index is 15.2. The van der Waals surface area contributed by atoms with E-state index in [1.807, 2.05) is 24.4 Å². The monoisotopic (exact) mass is 568 g/mol. The predicted molar refractivity (Wildman–Crippen MR) is 162 cm³/mol. The van der Waals surface area contributed by atoms with Crippen molar-refractivity contribution in [1.82, 2.24) is 14.8 Å². The van der Waals surface area contributed by atoms with Gasteiger partial charge in [-0.3, -0.25) is 9.88 Å². The summed E-state index contributed by atoms with van der Waals surface area (Å²) in [5.41, 5.74) is 7.45. The molecule has 1 atom stereocenters. The van der Waals surface area contributed by atoms with Crippen molar-refractivity contribution >= 4 is 34.2 Å². The summed E-state index contributed by atoms with van der Waals surface area (Å²) >= 11 is 1.50. The van der Waals surface area contributed by atoms with Crippen LogP contribution in [0.15, 0.2) is 83.4 Å². The van der Waals surface area contributed by atoms with E-state index in [1.165, 1.54) is 30.3 Å². The largest absolute Gasteiger partial charge is 0.369 e. The van der Waals surface area contributed by atoms with E-state index in [4.69, 9.17) is 9.78 Å². The van der Waals surface area contributed by atoms with Crippen LogP contribution in [0.25, 0.3) is 16.6 Å². The number of hydrogen-bond donors (Lipinski definition) is 1. The number of halogens is 1. The molecule has 6 aliphatic rings. The van der Waals surface area contributed by atoms with Gasteiger partial charge in [-0.1, -0.05) is 36.4 Å². The zero-order chi connectivity index (χ0) is 27.8. The third-order valence-corrected chi connectivity index (χ3v) is 9.39. The number of aromatic nitrogens is 1. The molecule has 10 rings (SSSR count). The Balaban J connectivity index is 1.23. The Labute approximate surface area is 244 Å². The van der Waals surface area contributed by atoms with Crippen molar-refractivity contribution in [2.24, 2.45) is 0 Å². The highest BCUT2D eigenvalue weighted by Gasteiger charge is 2.31. The molecule has 1 saturated heterocycles. The van der Waals surface area contributed by atoms with E-state index in [-0.39, 0.29) is 11.7 Å². The zero-order valence-corrected chi connectivity index (χ0v) is 23.9. The Morgan fingerprint density at radius 1 is 1.00 bits per heavy atom. The van der Waals surface area contributed by atoms with Crippen LogP contribution in [0.4, 0.5) is 10.1 Å². The number of hydrogen-bond acceptors (Lipinski definition) is 7. The lowest BCUT2D eigenvalue weighted by Gasteiger charge is -2.38. The van der Waals surface area contributed by atoms with Gasteiger partial charge in [0.15, 0.2) is 5.75 Å². The van der Waals surface area contributed by atoms with Gasteiger partial charge in [-0.15, -0.1) is 0 Å². The maximum Gasteiger partial charge on any atom is 0.189 e. The van der Waals surface area contributed by atoms with E-state index in [1.54, 1.807) is 6.07 Å². The van der Waals surface area contributed by atoms with Crippen LogP contribution in [0.3, 0.4) is 0 Å². The molecule has 3 aromatic carbocycles. The molecule has 1 saturated carbocycles. The molecule has 4 aromatic rings. The van der Waals surface area contributed by atoms with Crippen LogP contribution in [0.1, 0.15) is 41.9 Å². The lowest BCUT2D eigenvalue weighted by molar-refractivity contribution is -0.177. The van der Waals surface area contributed by atoms with Crippen molar-refractivity contribution in [2.45, 2.75) is 36.6 Å². The summed E-state index contributed by atoms with van der Waals surface area (Å²) in [6.07, 6.45) is 4.62. The quantitative estimate of drug-likeness (QED) is 0.149. The minimum Gasteiger partial charge on any atom is -0.369 e. The van der Waals surface area contributed by atoms with E-state index < -0.39 is 0 Å². The second-order valence-electron chi connectivity index (χ2n) is 11.0. The molecular weight excluding hydrogens is 535 g/mol. The number of nitrogens with one attached hydrogen (secondary N) is 1. The molecule has 6 heterocycles. The highest BCUT2D eigenvalue weighted by atomic mass is 32.2. The van der Waals surface area contributed by atoms with Crippen molar-refractivity contribution in [1.29, 1.82) is 0 Å². The third-order valence-electron chi connectivity index (χ3n) is 8.52. The highest BCUT2D eigenvalue weighted by Crippen LogP contribution is 2.45. The van der Waals surface area contributed by atoms with Gasteiger partial charge in [0.2, 0.25) is 0 Å². The van der Waals surface area contributed by atoms with Gasteiger partial charge in [0, 0.05) is 55.6 Å².